The number of carbonyl (C=O) groups excluding carboxylic acids is 1. The van der Waals surface area contributed by atoms with Gasteiger partial charge in [-0.05, 0) is 41.9 Å². The summed E-state index contributed by atoms with van der Waals surface area (Å²) in [7, 11) is 0. The van der Waals surface area contributed by atoms with Crippen LogP contribution in [0.5, 0.6) is 0 Å². The van der Waals surface area contributed by atoms with Crippen LogP contribution in [0.4, 0.5) is 0 Å². The van der Waals surface area contributed by atoms with E-state index < -0.39 is 0 Å². The van der Waals surface area contributed by atoms with E-state index in [2.05, 4.69) is 26.2 Å². The predicted molar refractivity (Wildman–Crippen MR) is 54.5 cm³/mol. The van der Waals surface area contributed by atoms with E-state index >= 15 is 0 Å². The Kier molecular flexibility index (Phi) is 3.42. The number of aromatic nitrogens is 1. The molecular formula is C9H11BrN2O. The lowest BCUT2D eigenvalue weighted by Gasteiger charge is -2.07. The first-order chi connectivity index (χ1) is 6.09. The Bertz CT molecular complexity index is 312. The predicted octanol–water partition coefficient (Wildman–Crippen LogP) is 1.98. The second kappa shape index (κ2) is 4.37. The highest BCUT2D eigenvalue weighted by atomic mass is 79.9. The number of rotatable bonds is 2. The van der Waals surface area contributed by atoms with E-state index in [0.717, 1.165) is 0 Å². The van der Waals surface area contributed by atoms with Crippen molar-refractivity contribution in [2.45, 2.75) is 19.9 Å². The highest BCUT2D eigenvalue weighted by Gasteiger charge is 2.07. The van der Waals surface area contributed by atoms with Crippen LogP contribution in [0, 0.1) is 0 Å². The van der Waals surface area contributed by atoms with Crippen molar-refractivity contribution in [1.82, 2.24) is 10.3 Å². The van der Waals surface area contributed by atoms with Gasteiger partial charge in [-0.3, -0.25) is 4.79 Å². The monoisotopic (exact) mass is 242 g/mol. The van der Waals surface area contributed by atoms with E-state index in [0.29, 0.717) is 10.3 Å². The highest BCUT2D eigenvalue weighted by molar-refractivity contribution is 9.10. The van der Waals surface area contributed by atoms with Crippen LogP contribution < -0.4 is 5.32 Å². The fourth-order valence-corrected chi connectivity index (χ4v) is 1.21. The van der Waals surface area contributed by atoms with E-state index in [1.54, 1.807) is 18.2 Å². The van der Waals surface area contributed by atoms with Crippen molar-refractivity contribution >= 4 is 21.8 Å². The van der Waals surface area contributed by atoms with Gasteiger partial charge in [-0.1, -0.05) is 6.07 Å². The van der Waals surface area contributed by atoms with Gasteiger partial charge in [0.15, 0.2) is 0 Å². The number of nitrogens with zero attached hydrogens (tertiary/aromatic N) is 1. The maximum atomic E-state index is 11.4. The van der Waals surface area contributed by atoms with Crippen LogP contribution in [0.2, 0.25) is 0 Å². The summed E-state index contributed by atoms with van der Waals surface area (Å²) in [6.07, 6.45) is 0. The van der Waals surface area contributed by atoms with Crippen LogP contribution in [0.1, 0.15) is 24.3 Å². The van der Waals surface area contributed by atoms with Gasteiger partial charge in [-0.25, -0.2) is 4.98 Å². The molecule has 1 heterocycles. The number of hydrogen-bond acceptors (Lipinski definition) is 2. The Hall–Kier alpha value is -0.900. The average Bonchev–Trinajstić information content (AvgIpc) is 2.03. The summed E-state index contributed by atoms with van der Waals surface area (Å²) in [5.74, 6) is -0.142. The maximum Gasteiger partial charge on any atom is 0.270 e. The maximum absolute atomic E-state index is 11.4. The van der Waals surface area contributed by atoms with Gasteiger partial charge >= 0.3 is 0 Å². The molecule has 4 heteroatoms. The number of amides is 1. The molecule has 1 aromatic heterocycles. The minimum absolute atomic E-state index is 0.133. The zero-order valence-corrected chi connectivity index (χ0v) is 9.13. The van der Waals surface area contributed by atoms with Gasteiger partial charge in [0.2, 0.25) is 0 Å². The molecule has 70 valence electrons. The largest absolute Gasteiger partial charge is 0.349 e. The lowest BCUT2D eigenvalue weighted by atomic mass is 10.3. The molecule has 1 rings (SSSR count). The molecule has 0 saturated heterocycles. The third-order valence-electron chi connectivity index (χ3n) is 1.37. The zero-order valence-electron chi connectivity index (χ0n) is 7.54. The molecule has 1 aromatic rings. The third kappa shape index (κ3) is 3.14. The fourth-order valence-electron chi connectivity index (χ4n) is 0.871. The molecule has 0 fully saturated rings. The number of carbonyl (C=O) groups is 1. The van der Waals surface area contributed by atoms with Crippen LogP contribution in [-0.4, -0.2) is 16.9 Å². The van der Waals surface area contributed by atoms with E-state index in [-0.39, 0.29) is 11.9 Å². The van der Waals surface area contributed by atoms with Gasteiger partial charge in [0.25, 0.3) is 5.91 Å². The summed E-state index contributed by atoms with van der Waals surface area (Å²) in [5, 5.41) is 2.76. The van der Waals surface area contributed by atoms with Crippen LogP contribution in [0.15, 0.2) is 22.8 Å². The van der Waals surface area contributed by atoms with Crippen molar-refractivity contribution in [3.8, 4) is 0 Å². The van der Waals surface area contributed by atoms with Crippen LogP contribution in [0.3, 0.4) is 0 Å². The Morgan fingerprint density at radius 1 is 1.54 bits per heavy atom. The first kappa shape index (κ1) is 10.2. The number of pyridine rings is 1. The Labute approximate surface area is 85.7 Å². The van der Waals surface area contributed by atoms with Crippen LogP contribution in [-0.2, 0) is 0 Å². The lowest BCUT2D eigenvalue weighted by Crippen LogP contribution is -2.30. The van der Waals surface area contributed by atoms with Crippen molar-refractivity contribution < 1.29 is 4.79 Å². The van der Waals surface area contributed by atoms with Crippen LogP contribution in [0.25, 0.3) is 0 Å². The quantitative estimate of drug-likeness (QED) is 0.807. The summed E-state index contributed by atoms with van der Waals surface area (Å²) in [6, 6.07) is 5.38. The van der Waals surface area contributed by atoms with Crippen molar-refractivity contribution in [2.75, 3.05) is 0 Å². The molecule has 0 saturated carbocycles. The van der Waals surface area contributed by atoms with E-state index in [4.69, 9.17) is 0 Å². The molecule has 0 aliphatic carbocycles. The number of halogens is 1. The minimum Gasteiger partial charge on any atom is -0.349 e. The van der Waals surface area contributed by atoms with Gasteiger partial charge in [0.05, 0.1) is 0 Å². The summed E-state index contributed by atoms with van der Waals surface area (Å²) in [4.78, 5) is 15.4. The van der Waals surface area contributed by atoms with E-state index in [1.165, 1.54) is 0 Å². The standard InChI is InChI=1S/C9H11BrN2O/c1-6(2)11-9(13)7-4-3-5-8(10)12-7/h3-6H,1-2H3,(H,11,13). The molecular weight excluding hydrogens is 232 g/mol. The highest BCUT2D eigenvalue weighted by Crippen LogP contribution is 2.06. The molecule has 0 aliphatic rings. The molecule has 0 radical (unpaired) electrons. The molecule has 3 nitrogen and oxygen atoms in total. The first-order valence-electron chi connectivity index (χ1n) is 4.03. The normalized spacial score (nSPS) is 10.2. The Morgan fingerprint density at radius 3 is 2.77 bits per heavy atom. The minimum atomic E-state index is -0.142. The molecule has 0 aromatic carbocycles. The molecule has 0 spiro atoms. The third-order valence-corrected chi connectivity index (χ3v) is 1.81. The number of nitrogens with one attached hydrogen (secondary N) is 1. The lowest BCUT2D eigenvalue weighted by molar-refractivity contribution is 0.0938. The molecule has 0 unspecified atom stereocenters. The molecule has 1 amide bonds. The van der Waals surface area contributed by atoms with E-state index in [1.807, 2.05) is 13.8 Å². The Balaban J connectivity index is 2.77. The second-order valence-corrected chi connectivity index (χ2v) is 3.79. The SMILES string of the molecule is CC(C)NC(=O)c1cccc(Br)n1. The summed E-state index contributed by atoms with van der Waals surface area (Å²) >= 11 is 3.21. The molecule has 0 aliphatic heterocycles. The van der Waals surface area contributed by atoms with Gasteiger partial charge in [-0.2, -0.15) is 0 Å². The van der Waals surface area contributed by atoms with Gasteiger partial charge in [0.1, 0.15) is 10.3 Å². The zero-order chi connectivity index (χ0) is 9.84. The van der Waals surface area contributed by atoms with Crippen molar-refractivity contribution in [1.29, 1.82) is 0 Å². The molecule has 0 atom stereocenters. The van der Waals surface area contributed by atoms with Gasteiger partial charge < -0.3 is 5.32 Å². The molecule has 13 heavy (non-hydrogen) atoms. The fraction of sp³-hybridized carbons (Fsp3) is 0.333. The van der Waals surface area contributed by atoms with Gasteiger partial charge in [-0.15, -0.1) is 0 Å². The second-order valence-electron chi connectivity index (χ2n) is 2.97. The van der Waals surface area contributed by atoms with Crippen molar-refractivity contribution in [2.24, 2.45) is 0 Å². The number of hydrogen-bond donors (Lipinski definition) is 1. The first-order valence-corrected chi connectivity index (χ1v) is 4.82. The summed E-state index contributed by atoms with van der Waals surface area (Å²) in [5.41, 5.74) is 0.433. The molecule has 1 N–H and O–H groups in total. The Morgan fingerprint density at radius 2 is 2.23 bits per heavy atom. The topological polar surface area (TPSA) is 42.0 Å². The van der Waals surface area contributed by atoms with Crippen LogP contribution >= 0.6 is 15.9 Å². The van der Waals surface area contributed by atoms with Gasteiger partial charge in [0, 0.05) is 6.04 Å². The van der Waals surface area contributed by atoms with E-state index in [9.17, 15) is 4.79 Å². The summed E-state index contributed by atoms with van der Waals surface area (Å²) < 4.78 is 0.670. The van der Waals surface area contributed by atoms with Crippen molar-refractivity contribution in [3.63, 3.8) is 0 Å². The molecule has 0 bridgehead atoms. The smallest absolute Gasteiger partial charge is 0.270 e. The summed E-state index contributed by atoms with van der Waals surface area (Å²) in [6.45, 7) is 3.83. The van der Waals surface area contributed by atoms with Crippen molar-refractivity contribution in [3.05, 3.63) is 28.5 Å². The average molecular weight is 243 g/mol.